The molecule has 8 heteroatoms. The van der Waals surface area contributed by atoms with Gasteiger partial charge < -0.3 is 10.5 Å². The summed E-state index contributed by atoms with van der Waals surface area (Å²) in [7, 11) is 0. The Labute approximate surface area is 98.3 Å². The van der Waals surface area contributed by atoms with Crippen LogP contribution in [-0.4, -0.2) is 12.5 Å². The van der Waals surface area contributed by atoms with Gasteiger partial charge in [-0.3, -0.25) is 4.74 Å². The lowest BCUT2D eigenvalue weighted by molar-refractivity contribution is -0.444. The number of hydrogen-bond donors (Lipinski definition) is 1. The molecule has 1 unspecified atom stereocenters. The first-order valence-corrected chi connectivity index (χ1v) is 4.79. The number of fused-ring (bicyclic) bond motifs is 1. The Morgan fingerprint density at radius 2 is 1.83 bits per heavy atom. The van der Waals surface area contributed by atoms with E-state index in [0.717, 1.165) is 18.2 Å². The van der Waals surface area contributed by atoms with E-state index in [4.69, 9.17) is 5.73 Å². The van der Waals surface area contributed by atoms with Crippen molar-refractivity contribution in [1.29, 1.82) is 0 Å². The van der Waals surface area contributed by atoms with Gasteiger partial charge in [0, 0.05) is 11.3 Å². The second-order valence-corrected chi connectivity index (χ2v) is 3.95. The van der Waals surface area contributed by atoms with Crippen LogP contribution in [0, 0.1) is 0 Å². The largest absolute Gasteiger partial charge is 0.536 e. The van der Waals surface area contributed by atoms with Crippen LogP contribution in [0.15, 0.2) is 18.2 Å². The zero-order valence-electron chi connectivity index (χ0n) is 9.02. The van der Waals surface area contributed by atoms with Crippen LogP contribution < -0.4 is 10.5 Å². The molecule has 1 aromatic rings. The molecule has 1 aliphatic rings. The van der Waals surface area contributed by atoms with Crippen molar-refractivity contribution in [3.05, 3.63) is 23.8 Å². The summed E-state index contributed by atoms with van der Waals surface area (Å²) in [6, 6.07) is 3.01. The molecule has 0 saturated carbocycles. The summed E-state index contributed by atoms with van der Waals surface area (Å²) in [5.74, 6) is -0.611. The Kier molecular flexibility index (Phi) is 2.48. The molecule has 2 N–H and O–H groups in total. The number of anilines is 1. The molecule has 1 aromatic carbocycles. The topological polar surface area (TPSA) is 44.5 Å². The van der Waals surface area contributed by atoms with E-state index in [0.29, 0.717) is 6.92 Å². The lowest BCUT2D eigenvalue weighted by atomic mass is 9.93. The fraction of sp³-hybridized carbons (Fsp3) is 0.400. The first-order chi connectivity index (χ1) is 8.05. The standard InChI is InChI=1S/C10H8F5NO2/c1-8(9(11,12)13)6-4-5(16)2-3-7(6)17-10(14,15)18-8/h2-4H,16H2,1H3. The normalized spacial score (nSPS) is 26.3. The van der Waals surface area contributed by atoms with E-state index in [-0.39, 0.29) is 5.69 Å². The van der Waals surface area contributed by atoms with Crippen molar-refractivity contribution in [3.8, 4) is 5.75 Å². The summed E-state index contributed by atoms with van der Waals surface area (Å²) < 4.78 is 72.7. The van der Waals surface area contributed by atoms with Gasteiger partial charge in [0.15, 0.2) is 5.60 Å². The molecule has 18 heavy (non-hydrogen) atoms. The monoisotopic (exact) mass is 269 g/mol. The van der Waals surface area contributed by atoms with Gasteiger partial charge >= 0.3 is 12.5 Å². The molecule has 0 aliphatic carbocycles. The van der Waals surface area contributed by atoms with Crippen LogP contribution >= 0.6 is 0 Å². The average molecular weight is 269 g/mol. The first-order valence-electron chi connectivity index (χ1n) is 4.79. The van der Waals surface area contributed by atoms with Crippen molar-refractivity contribution in [2.24, 2.45) is 0 Å². The molecule has 1 heterocycles. The third-order valence-electron chi connectivity index (χ3n) is 2.61. The molecule has 0 amide bonds. The number of halogens is 5. The van der Waals surface area contributed by atoms with E-state index in [1.165, 1.54) is 0 Å². The second kappa shape index (κ2) is 3.47. The van der Waals surface area contributed by atoms with Crippen molar-refractivity contribution >= 4 is 5.69 Å². The van der Waals surface area contributed by atoms with E-state index in [9.17, 15) is 22.0 Å². The molecule has 100 valence electrons. The highest BCUT2D eigenvalue weighted by Gasteiger charge is 2.63. The molecule has 3 nitrogen and oxygen atoms in total. The third kappa shape index (κ3) is 1.86. The van der Waals surface area contributed by atoms with Crippen LogP contribution in [0.25, 0.3) is 0 Å². The molecule has 0 aromatic heterocycles. The molecular weight excluding hydrogens is 261 g/mol. The number of rotatable bonds is 0. The highest BCUT2D eigenvalue weighted by atomic mass is 19.4. The maximum absolute atomic E-state index is 13.0. The number of nitrogen functional groups attached to an aromatic ring is 1. The highest BCUT2D eigenvalue weighted by Crippen LogP contribution is 2.52. The van der Waals surface area contributed by atoms with Gasteiger partial charge in [-0.15, -0.1) is 8.78 Å². The maximum Gasteiger partial charge on any atom is 0.536 e. The smallest absolute Gasteiger partial charge is 0.409 e. The minimum atomic E-state index is -5.04. The van der Waals surface area contributed by atoms with Crippen molar-refractivity contribution < 1.29 is 31.4 Å². The van der Waals surface area contributed by atoms with E-state index in [1.807, 2.05) is 0 Å². The van der Waals surface area contributed by atoms with E-state index >= 15 is 0 Å². The molecule has 0 bridgehead atoms. The quantitative estimate of drug-likeness (QED) is 0.581. The summed E-state index contributed by atoms with van der Waals surface area (Å²) in [6.45, 7) is 0.502. The summed E-state index contributed by atoms with van der Waals surface area (Å²) in [6.07, 6.45) is -9.39. The van der Waals surface area contributed by atoms with Crippen molar-refractivity contribution in [2.75, 3.05) is 5.73 Å². The van der Waals surface area contributed by atoms with Gasteiger partial charge in [0.1, 0.15) is 5.75 Å². The highest BCUT2D eigenvalue weighted by molar-refractivity contribution is 5.51. The molecule has 0 spiro atoms. The lowest BCUT2D eigenvalue weighted by Crippen LogP contribution is -2.52. The van der Waals surface area contributed by atoms with Crippen molar-refractivity contribution in [1.82, 2.24) is 0 Å². The molecule has 1 atom stereocenters. The minimum Gasteiger partial charge on any atom is -0.409 e. The fourth-order valence-electron chi connectivity index (χ4n) is 1.66. The van der Waals surface area contributed by atoms with E-state index in [1.54, 1.807) is 0 Å². The first kappa shape index (κ1) is 12.9. The third-order valence-corrected chi connectivity index (χ3v) is 2.61. The average Bonchev–Trinajstić information content (AvgIpc) is 2.16. The number of ether oxygens (including phenoxy) is 2. The Bertz CT molecular complexity index is 488. The van der Waals surface area contributed by atoms with Crippen molar-refractivity contribution in [2.45, 2.75) is 25.0 Å². The van der Waals surface area contributed by atoms with E-state index < -0.39 is 29.4 Å². The Balaban J connectivity index is 2.66. The Morgan fingerprint density at radius 3 is 2.39 bits per heavy atom. The van der Waals surface area contributed by atoms with Crippen LogP contribution in [0.5, 0.6) is 5.75 Å². The summed E-state index contributed by atoms with van der Waals surface area (Å²) in [5.41, 5.74) is 1.57. The lowest BCUT2D eigenvalue weighted by Gasteiger charge is -2.39. The molecule has 0 radical (unpaired) electrons. The number of benzene rings is 1. The Hall–Kier alpha value is -1.57. The molecule has 0 fully saturated rings. The molecule has 2 rings (SSSR count). The molecular formula is C10H8F5NO2. The number of nitrogens with two attached hydrogens (primary N) is 1. The van der Waals surface area contributed by atoms with Gasteiger partial charge in [-0.25, -0.2) is 0 Å². The predicted molar refractivity (Wildman–Crippen MR) is 50.9 cm³/mol. The van der Waals surface area contributed by atoms with Gasteiger partial charge in [-0.05, 0) is 25.1 Å². The molecule has 0 saturated heterocycles. The van der Waals surface area contributed by atoms with Crippen LogP contribution in [-0.2, 0) is 10.3 Å². The van der Waals surface area contributed by atoms with E-state index in [2.05, 4.69) is 9.47 Å². The summed E-state index contributed by atoms with van der Waals surface area (Å²) >= 11 is 0. The Morgan fingerprint density at radius 1 is 1.22 bits per heavy atom. The van der Waals surface area contributed by atoms with Crippen LogP contribution in [0.3, 0.4) is 0 Å². The zero-order valence-corrected chi connectivity index (χ0v) is 9.02. The maximum atomic E-state index is 13.0. The number of hydrogen-bond acceptors (Lipinski definition) is 3. The van der Waals surface area contributed by atoms with Gasteiger partial charge in [0.25, 0.3) is 0 Å². The van der Waals surface area contributed by atoms with Gasteiger partial charge in [-0.1, -0.05) is 0 Å². The summed E-state index contributed by atoms with van der Waals surface area (Å²) in [5, 5.41) is 0. The van der Waals surface area contributed by atoms with Crippen molar-refractivity contribution in [3.63, 3.8) is 0 Å². The second-order valence-electron chi connectivity index (χ2n) is 3.95. The van der Waals surface area contributed by atoms with Gasteiger partial charge in [0.05, 0.1) is 0 Å². The SMILES string of the molecule is CC1(C(F)(F)F)OC(F)(F)Oc2ccc(N)cc21. The zero-order chi connectivity index (χ0) is 13.8. The molecule has 1 aliphatic heterocycles. The number of alkyl halides is 5. The summed E-state index contributed by atoms with van der Waals surface area (Å²) in [4.78, 5) is 0. The predicted octanol–water partition coefficient (Wildman–Crippen LogP) is 3.01. The van der Waals surface area contributed by atoms with Gasteiger partial charge in [0.2, 0.25) is 0 Å². The van der Waals surface area contributed by atoms with Crippen LogP contribution in [0.4, 0.5) is 27.6 Å². The van der Waals surface area contributed by atoms with Gasteiger partial charge in [-0.2, -0.15) is 13.2 Å². The van der Waals surface area contributed by atoms with Crippen LogP contribution in [0.2, 0.25) is 0 Å². The van der Waals surface area contributed by atoms with Crippen LogP contribution in [0.1, 0.15) is 12.5 Å². The minimum absolute atomic E-state index is 0.0124. The fourth-order valence-corrected chi connectivity index (χ4v) is 1.66.